The monoisotopic (exact) mass is 487 g/mol. The maximum absolute atomic E-state index is 13.2. The summed E-state index contributed by atoms with van der Waals surface area (Å²) in [6.45, 7) is 3.99. The molecule has 7 nitrogen and oxygen atoms in total. The van der Waals surface area contributed by atoms with Gasteiger partial charge in [-0.2, -0.15) is 8.42 Å². The first-order chi connectivity index (χ1) is 16.1. The van der Waals surface area contributed by atoms with Gasteiger partial charge in [0.1, 0.15) is 16.5 Å². The van der Waals surface area contributed by atoms with E-state index in [1.54, 1.807) is 48.4 Å². The average Bonchev–Trinajstić information content (AvgIpc) is 2.82. The van der Waals surface area contributed by atoms with Crippen LogP contribution in [-0.4, -0.2) is 39.5 Å². The number of ether oxygens (including phenoxy) is 2. The summed E-state index contributed by atoms with van der Waals surface area (Å²) in [4.78, 5) is 14.6. The molecule has 0 fully saturated rings. The third-order valence-electron chi connectivity index (χ3n) is 5.10. The number of carbonyl (C=O) groups excluding carboxylic acids is 1. The van der Waals surface area contributed by atoms with E-state index in [-0.39, 0.29) is 34.9 Å². The van der Waals surface area contributed by atoms with Gasteiger partial charge in [0.15, 0.2) is 11.5 Å². The van der Waals surface area contributed by atoms with Crippen molar-refractivity contribution in [3.05, 3.63) is 83.7 Å². The highest BCUT2D eigenvalue weighted by atomic mass is 32.2. The minimum absolute atomic E-state index is 0.0371. The number of carbonyl (C=O) groups is 1. The van der Waals surface area contributed by atoms with Crippen LogP contribution < -0.4 is 13.7 Å². The molecule has 3 rings (SSSR count). The zero-order valence-corrected chi connectivity index (χ0v) is 20.1. The fourth-order valence-corrected chi connectivity index (χ4v) is 4.17. The van der Waals surface area contributed by atoms with Gasteiger partial charge in [-0.25, -0.2) is 4.39 Å². The molecule has 0 spiro atoms. The van der Waals surface area contributed by atoms with Crippen molar-refractivity contribution in [2.75, 3.05) is 14.2 Å². The van der Waals surface area contributed by atoms with E-state index in [4.69, 9.17) is 13.7 Å². The summed E-state index contributed by atoms with van der Waals surface area (Å²) in [5.74, 6) is 0.0626. The van der Waals surface area contributed by atoms with E-state index in [9.17, 15) is 17.6 Å². The van der Waals surface area contributed by atoms with Crippen LogP contribution in [0.25, 0.3) is 0 Å². The second kappa shape index (κ2) is 10.6. The zero-order chi connectivity index (χ0) is 24.9. The maximum atomic E-state index is 13.2. The molecule has 3 aromatic rings. The van der Waals surface area contributed by atoms with Crippen molar-refractivity contribution in [1.82, 2.24) is 4.90 Å². The van der Waals surface area contributed by atoms with Crippen molar-refractivity contribution in [3.63, 3.8) is 0 Å². The SMILES string of the molecule is COc1ccc(C(=O)N(Cc2ccc(OC)c(OS(=O)(=O)c3ccc(F)cc3)c2)C(C)C)cc1. The summed E-state index contributed by atoms with van der Waals surface area (Å²) >= 11 is 0. The van der Waals surface area contributed by atoms with Gasteiger partial charge >= 0.3 is 10.1 Å². The number of amides is 1. The van der Waals surface area contributed by atoms with Gasteiger partial charge in [-0.15, -0.1) is 0 Å². The van der Waals surface area contributed by atoms with Gasteiger partial charge in [0.2, 0.25) is 0 Å². The molecular weight excluding hydrogens is 461 g/mol. The Balaban J connectivity index is 1.88. The minimum Gasteiger partial charge on any atom is -0.497 e. The van der Waals surface area contributed by atoms with Gasteiger partial charge in [0, 0.05) is 18.2 Å². The molecule has 0 aliphatic heterocycles. The molecule has 0 unspecified atom stereocenters. The maximum Gasteiger partial charge on any atom is 0.339 e. The normalized spacial score (nSPS) is 11.2. The van der Waals surface area contributed by atoms with E-state index in [1.165, 1.54) is 13.2 Å². The van der Waals surface area contributed by atoms with Gasteiger partial charge in [0.05, 0.1) is 14.2 Å². The summed E-state index contributed by atoms with van der Waals surface area (Å²) in [5.41, 5.74) is 1.14. The number of hydrogen-bond donors (Lipinski definition) is 0. The van der Waals surface area contributed by atoms with Crippen LogP contribution >= 0.6 is 0 Å². The molecule has 0 aliphatic rings. The molecule has 0 aromatic heterocycles. The van der Waals surface area contributed by atoms with Crippen molar-refractivity contribution in [3.8, 4) is 17.2 Å². The molecule has 0 heterocycles. The first-order valence-electron chi connectivity index (χ1n) is 10.5. The number of methoxy groups -OCH3 is 2. The zero-order valence-electron chi connectivity index (χ0n) is 19.3. The largest absolute Gasteiger partial charge is 0.497 e. The lowest BCUT2D eigenvalue weighted by Crippen LogP contribution is -2.36. The van der Waals surface area contributed by atoms with Crippen LogP contribution in [-0.2, 0) is 16.7 Å². The molecule has 3 aromatic carbocycles. The summed E-state index contributed by atoms with van der Waals surface area (Å²) in [5, 5.41) is 0. The highest BCUT2D eigenvalue weighted by molar-refractivity contribution is 7.87. The molecule has 0 aliphatic carbocycles. The summed E-state index contributed by atoms with van der Waals surface area (Å²) < 4.78 is 54.3. The highest BCUT2D eigenvalue weighted by Gasteiger charge is 2.22. The quantitative estimate of drug-likeness (QED) is 0.408. The van der Waals surface area contributed by atoms with Crippen LogP contribution in [0.15, 0.2) is 71.6 Å². The molecule has 0 bridgehead atoms. The van der Waals surface area contributed by atoms with Gasteiger partial charge in [-0.05, 0) is 80.1 Å². The smallest absolute Gasteiger partial charge is 0.339 e. The molecule has 1 amide bonds. The standard InChI is InChI=1S/C25H26FNO6S/c1-17(2)27(25(28)19-6-10-21(31-3)11-7-19)16-18-5-14-23(32-4)24(15-18)33-34(29,30)22-12-8-20(26)9-13-22/h5-15,17H,16H2,1-4H3. The summed E-state index contributed by atoms with van der Waals surface area (Å²) in [7, 11) is -1.29. The van der Waals surface area contributed by atoms with Gasteiger partial charge < -0.3 is 18.6 Å². The minimum atomic E-state index is -4.23. The molecule has 34 heavy (non-hydrogen) atoms. The second-order valence-electron chi connectivity index (χ2n) is 7.73. The Morgan fingerprint density at radius 3 is 2.12 bits per heavy atom. The van der Waals surface area contributed by atoms with Crippen molar-refractivity contribution < 1.29 is 31.3 Å². The average molecular weight is 488 g/mol. The van der Waals surface area contributed by atoms with Crippen molar-refractivity contribution >= 4 is 16.0 Å². The first kappa shape index (κ1) is 25.0. The fourth-order valence-electron chi connectivity index (χ4n) is 3.24. The van der Waals surface area contributed by atoms with Crippen molar-refractivity contribution in [2.24, 2.45) is 0 Å². The van der Waals surface area contributed by atoms with Crippen LogP contribution in [0.3, 0.4) is 0 Å². The molecule has 0 atom stereocenters. The van der Waals surface area contributed by atoms with Crippen LogP contribution in [0.2, 0.25) is 0 Å². The topological polar surface area (TPSA) is 82.1 Å². The Morgan fingerprint density at radius 1 is 0.912 bits per heavy atom. The molecular formula is C25H26FNO6S. The van der Waals surface area contributed by atoms with Crippen LogP contribution in [0.4, 0.5) is 4.39 Å². The molecule has 0 radical (unpaired) electrons. The van der Waals surface area contributed by atoms with Crippen LogP contribution in [0.1, 0.15) is 29.8 Å². The Hall–Kier alpha value is -3.59. The molecule has 9 heteroatoms. The third-order valence-corrected chi connectivity index (χ3v) is 6.35. The Labute approximate surface area is 198 Å². The van der Waals surface area contributed by atoms with E-state index < -0.39 is 15.9 Å². The third kappa shape index (κ3) is 5.85. The van der Waals surface area contributed by atoms with Gasteiger partial charge in [0.25, 0.3) is 5.91 Å². The van der Waals surface area contributed by atoms with E-state index in [1.807, 2.05) is 13.8 Å². The summed E-state index contributed by atoms with van der Waals surface area (Å²) in [6.07, 6.45) is 0. The Morgan fingerprint density at radius 2 is 1.56 bits per heavy atom. The molecule has 0 saturated heterocycles. The first-order valence-corrected chi connectivity index (χ1v) is 11.9. The number of halogens is 1. The van der Waals surface area contributed by atoms with Gasteiger partial charge in [-0.3, -0.25) is 4.79 Å². The Kier molecular flexibility index (Phi) is 7.78. The number of rotatable bonds is 9. The molecule has 180 valence electrons. The number of nitrogens with zero attached hydrogens (tertiary/aromatic N) is 1. The summed E-state index contributed by atoms with van der Waals surface area (Å²) in [6, 6.07) is 15.8. The Bertz CT molecular complexity index is 1240. The van der Waals surface area contributed by atoms with E-state index in [0.717, 1.165) is 24.3 Å². The fraction of sp³-hybridized carbons (Fsp3) is 0.240. The van der Waals surface area contributed by atoms with Gasteiger partial charge in [-0.1, -0.05) is 6.07 Å². The van der Waals surface area contributed by atoms with E-state index in [2.05, 4.69) is 0 Å². The number of hydrogen-bond acceptors (Lipinski definition) is 6. The van der Waals surface area contributed by atoms with Crippen molar-refractivity contribution in [2.45, 2.75) is 31.3 Å². The van der Waals surface area contributed by atoms with E-state index in [0.29, 0.717) is 16.9 Å². The highest BCUT2D eigenvalue weighted by Crippen LogP contribution is 2.32. The predicted molar refractivity (Wildman–Crippen MR) is 125 cm³/mol. The van der Waals surface area contributed by atoms with Crippen LogP contribution in [0, 0.1) is 5.82 Å². The predicted octanol–water partition coefficient (Wildman–Crippen LogP) is 4.66. The second-order valence-corrected chi connectivity index (χ2v) is 9.28. The molecule has 0 N–H and O–H groups in total. The lowest BCUT2D eigenvalue weighted by Gasteiger charge is -2.27. The molecule has 0 saturated carbocycles. The lowest BCUT2D eigenvalue weighted by atomic mass is 10.1. The number of benzene rings is 3. The van der Waals surface area contributed by atoms with Crippen LogP contribution in [0.5, 0.6) is 17.2 Å². The van der Waals surface area contributed by atoms with Crippen molar-refractivity contribution in [1.29, 1.82) is 0 Å². The van der Waals surface area contributed by atoms with E-state index >= 15 is 0 Å². The lowest BCUT2D eigenvalue weighted by molar-refractivity contribution is 0.0690.